The maximum absolute atomic E-state index is 13.0. The normalized spacial score (nSPS) is 12.6. The predicted molar refractivity (Wildman–Crippen MR) is 177 cm³/mol. The van der Waals surface area contributed by atoms with Gasteiger partial charge in [-0.05, 0) is 26.7 Å². The van der Waals surface area contributed by atoms with Gasteiger partial charge in [0.1, 0.15) is 11.6 Å². The molecule has 238 valence electrons. The second kappa shape index (κ2) is 28.4. The van der Waals surface area contributed by atoms with Crippen LogP contribution in [0.5, 0.6) is 0 Å². The zero-order valence-corrected chi connectivity index (χ0v) is 28.0. The summed E-state index contributed by atoms with van der Waals surface area (Å²) in [5, 5.41) is 0. The Labute approximate surface area is 252 Å². The molecule has 3 nitrogen and oxygen atoms in total. The third-order valence-electron chi connectivity index (χ3n) is 8.80. The Kier molecular flexibility index (Phi) is 27.9. The average molecular weight is 564 g/mol. The lowest BCUT2D eigenvalue weighted by molar-refractivity contribution is -0.130. The summed E-state index contributed by atoms with van der Waals surface area (Å²) >= 11 is 0. The van der Waals surface area contributed by atoms with Gasteiger partial charge in [0.05, 0.1) is 0 Å². The minimum Gasteiger partial charge on any atom is -0.325 e. The summed E-state index contributed by atoms with van der Waals surface area (Å²) in [6.07, 6.45) is 35.5. The van der Waals surface area contributed by atoms with Crippen LogP contribution < -0.4 is 5.73 Å². The maximum atomic E-state index is 13.0. The van der Waals surface area contributed by atoms with Crippen LogP contribution in [0.3, 0.4) is 0 Å². The highest BCUT2D eigenvalue weighted by atomic mass is 16.1. The smallest absolute Gasteiger partial charge is 0.138 e. The van der Waals surface area contributed by atoms with Crippen molar-refractivity contribution < 1.29 is 9.59 Å². The van der Waals surface area contributed by atoms with E-state index < -0.39 is 5.54 Å². The zero-order chi connectivity index (χ0) is 29.7. The maximum Gasteiger partial charge on any atom is 0.138 e. The van der Waals surface area contributed by atoms with Gasteiger partial charge in [-0.15, -0.1) is 0 Å². The van der Waals surface area contributed by atoms with Gasteiger partial charge in [0.2, 0.25) is 0 Å². The van der Waals surface area contributed by atoms with E-state index in [1.54, 1.807) is 0 Å². The predicted octanol–water partition coefficient (Wildman–Crippen LogP) is 11.8. The van der Waals surface area contributed by atoms with Gasteiger partial charge in [0.25, 0.3) is 0 Å². The van der Waals surface area contributed by atoms with Crippen molar-refractivity contribution in [3.63, 3.8) is 0 Å². The van der Waals surface area contributed by atoms with E-state index in [0.717, 1.165) is 25.7 Å². The molecular formula is C37H73NO2. The van der Waals surface area contributed by atoms with Crippen molar-refractivity contribution in [3.05, 3.63) is 0 Å². The van der Waals surface area contributed by atoms with Gasteiger partial charge in [-0.25, -0.2) is 0 Å². The van der Waals surface area contributed by atoms with Gasteiger partial charge in [-0.3, -0.25) is 9.59 Å². The minimum absolute atomic E-state index is 0.203. The first-order valence-electron chi connectivity index (χ1n) is 18.2. The van der Waals surface area contributed by atoms with Crippen LogP contribution in [0.25, 0.3) is 0 Å². The van der Waals surface area contributed by atoms with Crippen LogP contribution in [0.1, 0.15) is 214 Å². The molecular weight excluding hydrogens is 490 g/mol. The van der Waals surface area contributed by atoms with Gasteiger partial charge in [-0.1, -0.05) is 168 Å². The molecule has 40 heavy (non-hydrogen) atoms. The Balaban J connectivity index is 3.83. The quantitative estimate of drug-likeness (QED) is 0.0828. The standard InChI is InChI=1S/C37H73NO2/c1-5-7-9-11-13-15-17-19-21-23-25-27-29-31-34(39)33-35(37(3,4)38)36(40)32-30-28-26-24-22-20-18-16-14-12-10-8-6-2/h35H,5-33,38H2,1-4H3. The molecule has 1 unspecified atom stereocenters. The van der Waals surface area contributed by atoms with Crippen molar-refractivity contribution >= 4 is 11.6 Å². The van der Waals surface area contributed by atoms with Crippen molar-refractivity contribution in [2.24, 2.45) is 11.7 Å². The number of ketones is 2. The summed E-state index contributed by atoms with van der Waals surface area (Å²) < 4.78 is 0. The summed E-state index contributed by atoms with van der Waals surface area (Å²) in [5.74, 6) is 0.0962. The Bertz CT molecular complexity index is 565. The molecule has 0 saturated heterocycles. The molecule has 0 fully saturated rings. The number of rotatable bonds is 32. The van der Waals surface area contributed by atoms with Crippen LogP contribution in [-0.4, -0.2) is 17.1 Å². The van der Waals surface area contributed by atoms with E-state index in [-0.39, 0.29) is 17.5 Å². The molecule has 3 heteroatoms. The number of unbranched alkanes of at least 4 members (excludes halogenated alkanes) is 24. The molecule has 1 atom stereocenters. The lowest BCUT2D eigenvalue weighted by atomic mass is 9.79. The van der Waals surface area contributed by atoms with Gasteiger partial charge >= 0.3 is 0 Å². The molecule has 0 aliphatic rings. The number of carbonyl (C=O) groups is 2. The van der Waals surface area contributed by atoms with Crippen LogP contribution in [0.2, 0.25) is 0 Å². The highest BCUT2D eigenvalue weighted by molar-refractivity contribution is 5.88. The van der Waals surface area contributed by atoms with E-state index in [2.05, 4.69) is 13.8 Å². The molecule has 0 rings (SSSR count). The first-order valence-corrected chi connectivity index (χ1v) is 18.2. The summed E-state index contributed by atoms with van der Waals surface area (Å²) in [6, 6.07) is 0. The van der Waals surface area contributed by atoms with Crippen LogP contribution in [-0.2, 0) is 9.59 Å². The van der Waals surface area contributed by atoms with E-state index in [1.807, 2.05) is 13.8 Å². The molecule has 0 aromatic heterocycles. The van der Waals surface area contributed by atoms with Crippen LogP contribution in [0.15, 0.2) is 0 Å². The molecule has 0 aromatic rings. The highest BCUT2D eigenvalue weighted by Gasteiger charge is 2.32. The molecule has 0 aliphatic carbocycles. The first-order chi connectivity index (χ1) is 19.3. The molecule has 0 spiro atoms. The fourth-order valence-corrected chi connectivity index (χ4v) is 5.95. The van der Waals surface area contributed by atoms with Crippen LogP contribution >= 0.6 is 0 Å². The van der Waals surface area contributed by atoms with Crippen molar-refractivity contribution in [1.82, 2.24) is 0 Å². The lowest BCUT2D eigenvalue weighted by Crippen LogP contribution is -2.46. The molecule has 0 amide bonds. The summed E-state index contributed by atoms with van der Waals surface area (Å²) in [6.45, 7) is 8.38. The first kappa shape index (κ1) is 39.3. The fourth-order valence-electron chi connectivity index (χ4n) is 5.95. The van der Waals surface area contributed by atoms with E-state index in [9.17, 15) is 9.59 Å². The third kappa shape index (κ3) is 26.2. The molecule has 0 radical (unpaired) electrons. The van der Waals surface area contributed by atoms with Crippen LogP contribution in [0.4, 0.5) is 0 Å². The molecule has 0 aromatic carbocycles. The topological polar surface area (TPSA) is 60.2 Å². The molecule has 0 saturated carbocycles. The number of hydrogen-bond donors (Lipinski definition) is 1. The minimum atomic E-state index is -0.626. The summed E-state index contributed by atoms with van der Waals surface area (Å²) in [5.41, 5.74) is 5.75. The van der Waals surface area contributed by atoms with Crippen LogP contribution in [0, 0.1) is 5.92 Å². The van der Waals surface area contributed by atoms with Crippen molar-refractivity contribution in [2.75, 3.05) is 0 Å². The second-order valence-electron chi connectivity index (χ2n) is 13.6. The lowest BCUT2D eigenvalue weighted by Gasteiger charge is -2.29. The van der Waals surface area contributed by atoms with Gasteiger partial charge < -0.3 is 5.73 Å². The number of nitrogens with two attached hydrogens (primary N) is 1. The zero-order valence-electron chi connectivity index (χ0n) is 28.0. The second-order valence-corrected chi connectivity index (χ2v) is 13.6. The Morgan fingerprint density at radius 3 is 1.05 bits per heavy atom. The monoisotopic (exact) mass is 564 g/mol. The number of hydrogen-bond acceptors (Lipinski definition) is 3. The average Bonchev–Trinajstić information content (AvgIpc) is 2.91. The van der Waals surface area contributed by atoms with E-state index in [0.29, 0.717) is 19.3 Å². The summed E-state index contributed by atoms with van der Waals surface area (Å²) in [4.78, 5) is 25.7. The Morgan fingerprint density at radius 1 is 0.475 bits per heavy atom. The van der Waals surface area contributed by atoms with Gasteiger partial charge in [0.15, 0.2) is 0 Å². The third-order valence-corrected chi connectivity index (χ3v) is 8.80. The molecule has 0 aliphatic heterocycles. The number of Topliss-reactive ketones (excluding diaryl/α,β-unsaturated/α-hetero) is 2. The molecule has 0 bridgehead atoms. The van der Waals surface area contributed by atoms with E-state index >= 15 is 0 Å². The molecule has 0 heterocycles. The van der Waals surface area contributed by atoms with Crippen molar-refractivity contribution in [3.8, 4) is 0 Å². The highest BCUT2D eigenvalue weighted by Crippen LogP contribution is 2.24. The SMILES string of the molecule is CCCCCCCCCCCCCCCC(=O)CC(C(=O)CCCCCCCCCCCCCCC)C(C)(C)N. The molecule has 2 N–H and O–H groups in total. The Hall–Kier alpha value is -0.700. The Morgan fingerprint density at radius 2 is 0.750 bits per heavy atom. The summed E-state index contributed by atoms with van der Waals surface area (Å²) in [7, 11) is 0. The fraction of sp³-hybridized carbons (Fsp3) is 0.946. The largest absolute Gasteiger partial charge is 0.325 e. The van der Waals surface area contributed by atoms with Crippen molar-refractivity contribution in [2.45, 2.75) is 219 Å². The van der Waals surface area contributed by atoms with Gasteiger partial charge in [0, 0.05) is 30.7 Å². The van der Waals surface area contributed by atoms with Crippen molar-refractivity contribution in [1.29, 1.82) is 0 Å². The number of carbonyl (C=O) groups excluding carboxylic acids is 2. The van der Waals surface area contributed by atoms with Gasteiger partial charge in [-0.2, -0.15) is 0 Å². The van der Waals surface area contributed by atoms with E-state index in [4.69, 9.17) is 5.73 Å². The van der Waals surface area contributed by atoms with E-state index in [1.165, 1.54) is 141 Å².